The molecule has 4 aromatic rings. The van der Waals surface area contributed by atoms with Gasteiger partial charge in [0.2, 0.25) is 0 Å². The number of nitrogens with zero attached hydrogens (tertiary/aromatic N) is 4. The molecule has 3 heterocycles. The van der Waals surface area contributed by atoms with Gasteiger partial charge in [0.05, 0.1) is 5.52 Å². The number of pyridine rings is 1. The van der Waals surface area contributed by atoms with Crippen LogP contribution in [-0.4, -0.2) is 41.7 Å². The Bertz CT molecular complexity index is 1130. The summed E-state index contributed by atoms with van der Waals surface area (Å²) in [5.74, 6) is -0.761. The van der Waals surface area contributed by atoms with Crippen molar-refractivity contribution in [3.8, 4) is 5.82 Å². The Balaban J connectivity index is 1.51. The molecule has 0 aliphatic heterocycles. The normalized spacial score (nSPS) is 10.8. The number of hydrogen-bond acceptors (Lipinski definition) is 5. The molecule has 1 aromatic carbocycles. The maximum atomic E-state index is 12.5. The number of imidazole rings is 1. The third-order valence-electron chi connectivity index (χ3n) is 4.06. The molecule has 27 heavy (non-hydrogen) atoms. The standard InChI is InChI=1S/C18H14N6O3/c25-17(12-1-2-14-13(8-12)16(18(26)27)23-22-14)21-9-11-3-4-20-15(7-11)24-6-5-19-10-24/h1-8,10H,9H2,(H,21,25)(H,22,23)(H,26,27). The van der Waals surface area contributed by atoms with Crippen LogP contribution in [0.1, 0.15) is 26.4 Å². The van der Waals surface area contributed by atoms with Crippen LogP contribution in [0.4, 0.5) is 0 Å². The van der Waals surface area contributed by atoms with E-state index in [2.05, 4.69) is 25.5 Å². The molecular formula is C18H14N6O3. The SMILES string of the molecule is O=C(NCc1ccnc(-n2ccnc2)c1)c1ccc2[nH]nc(C(=O)O)c2c1. The summed E-state index contributed by atoms with van der Waals surface area (Å²) in [6.45, 7) is 0.304. The number of aromatic carboxylic acids is 1. The largest absolute Gasteiger partial charge is 0.476 e. The third kappa shape index (κ3) is 3.25. The van der Waals surface area contributed by atoms with Gasteiger partial charge in [0, 0.05) is 36.1 Å². The van der Waals surface area contributed by atoms with Gasteiger partial charge >= 0.3 is 5.97 Å². The van der Waals surface area contributed by atoms with Crippen molar-refractivity contribution in [1.29, 1.82) is 0 Å². The highest BCUT2D eigenvalue weighted by Gasteiger charge is 2.15. The van der Waals surface area contributed by atoms with Gasteiger partial charge in [0.1, 0.15) is 12.1 Å². The number of nitrogens with one attached hydrogen (secondary N) is 2. The smallest absolute Gasteiger partial charge is 0.357 e. The number of amides is 1. The molecule has 0 aliphatic carbocycles. The minimum atomic E-state index is -1.15. The van der Waals surface area contributed by atoms with Crippen molar-refractivity contribution in [2.24, 2.45) is 0 Å². The van der Waals surface area contributed by atoms with Crippen LogP contribution >= 0.6 is 0 Å². The molecule has 0 saturated heterocycles. The number of hydrogen-bond donors (Lipinski definition) is 3. The van der Waals surface area contributed by atoms with E-state index < -0.39 is 5.97 Å². The number of carboxylic acid groups (broad SMARTS) is 1. The number of aromatic amines is 1. The molecular weight excluding hydrogens is 348 g/mol. The van der Waals surface area contributed by atoms with Crippen LogP contribution in [0, 0.1) is 0 Å². The van der Waals surface area contributed by atoms with Gasteiger partial charge in [-0.3, -0.25) is 14.5 Å². The van der Waals surface area contributed by atoms with E-state index in [9.17, 15) is 9.59 Å². The predicted octanol–water partition coefficient (Wildman–Crippen LogP) is 1.77. The van der Waals surface area contributed by atoms with E-state index in [1.165, 1.54) is 6.07 Å². The monoisotopic (exact) mass is 362 g/mol. The first-order valence-corrected chi connectivity index (χ1v) is 8.05. The Morgan fingerprint density at radius 1 is 1.19 bits per heavy atom. The average molecular weight is 362 g/mol. The summed E-state index contributed by atoms with van der Waals surface area (Å²) in [6, 6.07) is 8.42. The second kappa shape index (κ2) is 6.71. The molecule has 134 valence electrons. The first kappa shape index (κ1) is 16.5. The zero-order valence-corrected chi connectivity index (χ0v) is 14.0. The lowest BCUT2D eigenvalue weighted by atomic mass is 10.1. The maximum absolute atomic E-state index is 12.5. The number of carbonyl (C=O) groups is 2. The van der Waals surface area contributed by atoms with Gasteiger partial charge < -0.3 is 10.4 Å². The molecule has 3 N–H and O–H groups in total. The van der Waals surface area contributed by atoms with Gasteiger partial charge in [0.15, 0.2) is 5.69 Å². The minimum Gasteiger partial charge on any atom is -0.476 e. The van der Waals surface area contributed by atoms with Gasteiger partial charge in [0.25, 0.3) is 5.91 Å². The molecule has 1 amide bonds. The number of carbonyl (C=O) groups excluding carboxylic acids is 1. The van der Waals surface area contributed by atoms with Crippen molar-refractivity contribution in [2.75, 3.05) is 0 Å². The average Bonchev–Trinajstić information content (AvgIpc) is 3.35. The fraction of sp³-hybridized carbons (Fsp3) is 0.0556. The van der Waals surface area contributed by atoms with E-state index in [0.717, 1.165) is 5.56 Å². The van der Waals surface area contributed by atoms with Crippen molar-refractivity contribution >= 4 is 22.8 Å². The van der Waals surface area contributed by atoms with E-state index >= 15 is 0 Å². The highest BCUT2D eigenvalue weighted by molar-refractivity contribution is 6.04. The molecule has 0 radical (unpaired) electrons. The highest BCUT2D eigenvalue weighted by Crippen LogP contribution is 2.18. The van der Waals surface area contributed by atoms with Crippen LogP contribution in [-0.2, 0) is 6.54 Å². The maximum Gasteiger partial charge on any atom is 0.357 e. The van der Waals surface area contributed by atoms with Crippen LogP contribution in [0.2, 0.25) is 0 Å². The zero-order valence-electron chi connectivity index (χ0n) is 14.0. The molecule has 0 saturated carbocycles. The number of carboxylic acids is 1. The van der Waals surface area contributed by atoms with Crippen molar-refractivity contribution in [2.45, 2.75) is 6.54 Å². The van der Waals surface area contributed by atoms with Gasteiger partial charge in [-0.2, -0.15) is 5.10 Å². The first-order valence-electron chi connectivity index (χ1n) is 8.05. The molecule has 0 spiro atoms. The Hall–Kier alpha value is -4.01. The Labute approximate surface area is 152 Å². The lowest BCUT2D eigenvalue weighted by Crippen LogP contribution is -2.22. The molecule has 0 atom stereocenters. The van der Waals surface area contributed by atoms with E-state index in [1.807, 2.05) is 12.1 Å². The van der Waals surface area contributed by atoms with E-state index in [1.54, 1.807) is 41.6 Å². The zero-order chi connectivity index (χ0) is 18.8. The number of fused-ring (bicyclic) bond motifs is 1. The summed E-state index contributed by atoms with van der Waals surface area (Å²) in [5, 5.41) is 18.8. The van der Waals surface area contributed by atoms with Gasteiger partial charge in [-0.25, -0.2) is 14.8 Å². The molecule has 0 bridgehead atoms. The van der Waals surface area contributed by atoms with Crippen molar-refractivity contribution < 1.29 is 14.7 Å². The van der Waals surface area contributed by atoms with E-state index in [-0.39, 0.29) is 11.6 Å². The Morgan fingerprint density at radius 3 is 2.85 bits per heavy atom. The lowest BCUT2D eigenvalue weighted by Gasteiger charge is -2.07. The number of H-pyrrole nitrogens is 1. The van der Waals surface area contributed by atoms with E-state index in [4.69, 9.17) is 5.11 Å². The minimum absolute atomic E-state index is 0.112. The number of rotatable bonds is 5. The Morgan fingerprint density at radius 2 is 2.07 bits per heavy atom. The quantitative estimate of drug-likeness (QED) is 0.497. The highest BCUT2D eigenvalue weighted by atomic mass is 16.4. The topological polar surface area (TPSA) is 126 Å². The van der Waals surface area contributed by atoms with Crippen LogP contribution in [0.5, 0.6) is 0 Å². The van der Waals surface area contributed by atoms with Crippen molar-refractivity contribution in [3.63, 3.8) is 0 Å². The molecule has 9 heteroatoms. The molecule has 9 nitrogen and oxygen atoms in total. The summed E-state index contributed by atoms with van der Waals surface area (Å²) in [5.41, 5.74) is 1.68. The van der Waals surface area contributed by atoms with Gasteiger partial charge in [-0.1, -0.05) is 0 Å². The van der Waals surface area contributed by atoms with Crippen LogP contribution in [0.15, 0.2) is 55.2 Å². The second-order valence-electron chi connectivity index (χ2n) is 5.81. The molecule has 0 aliphatic rings. The first-order chi connectivity index (χ1) is 13.1. The van der Waals surface area contributed by atoms with Crippen molar-refractivity contribution in [1.82, 2.24) is 30.0 Å². The summed E-state index contributed by atoms with van der Waals surface area (Å²) < 4.78 is 1.77. The van der Waals surface area contributed by atoms with Crippen LogP contribution in [0.25, 0.3) is 16.7 Å². The van der Waals surface area contributed by atoms with Gasteiger partial charge in [-0.15, -0.1) is 0 Å². The third-order valence-corrected chi connectivity index (χ3v) is 4.06. The number of aromatic nitrogens is 5. The number of benzene rings is 1. The summed E-state index contributed by atoms with van der Waals surface area (Å²) in [7, 11) is 0. The van der Waals surface area contributed by atoms with Crippen LogP contribution < -0.4 is 5.32 Å². The Kier molecular flexibility index (Phi) is 4.09. The lowest BCUT2D eigenvalue weighted by molar-refractivity contribution is 0.0692. The summed E-state index contributed by atoms with van der Waals surface area (Å²) >= 11 is 0. The second-order valence-corrected chi connectivity index (χ2v) is 5.81. The molecule has 0 fully saturated rings. The summed E-state index contributed by atoms with van der Waals surface area (Å²) in [6.07, 6.45) is 6.75. The molecule has 4 rings (SSSR count). The molecule has 3 aromatic heterocycles. The van der Waals surface area contributed by atoms with E-state index in [0.29, 0.717) is 28.8 Å². The fourth-order valence-electron chi connectivity index (χ4n) is 2.71. The van der Waals surface area contributed by atoms with Gasteiger partial charge in [-0.05, 0) is 35.9 Å². The summed E-state index contributed by atoms with van der Waals surface area (Å²) in [4.78, 5) is 31.9. The van der Waals surface area contributed by atoms with Crippen molar-refractivity contribution in [3.05, 3.63) is 72.1 Å². The fourth-order valence-corrected chi connectivity index (χ4v) is 2.71. The predicted molar refractivity (Wildman–Crippen MR) is 95.6 cm³/mol. The van der Waals surface area contributed by atoms with Crippen LogP contribution in [0.3, 0.4) is 0 Å². The molecule has 0 unspecified atom stereocenters.